The minimum absolute atomic E-state index is 1.06. The topological polar surface area (TPSA) is 3.24 Å². The molecule has 0 saturated heterocycles. The standard InChI is InChI=1S/C15H21N/c1-6-10-12-14(8-3)16(5)15(9-4)13-11-7-2/h6-13H,1,4H2,2-3,5H3/b11-7-,12-10-,14-8+,15-13+. The summed E-state index contributed by atoms with van der Waals surface area (Å²) in [5, 5.41) is 0. The molecule has 0 amide bonds. The van der Waals surface area contributed by atoms with E-state index in [4.69, 9.17) is 0 Å². The van der Waals surface area contributed by atoms with Gasteiger partial charge in [0, 0.05) is 18.4 Å². The zero-order valence-corrected chi connectivity index (χ0v) is 10.5. The van der Waals surface area contributed by atoms with Gasteiger partial charge in [0.1, 0.15) is 0 Å². The van der Waals surface area contributed by atoms with Gasteiger partial charge in [-0.3, -0.25) is 0 Å². The molecule has 16 heavy (non-hydrogen) atoms. The Labute approximate surface area is 99.5 Å². The maximum absolute atomic E-state index is 3.82. The molecule has 0 aliphatic carbocycles. The van der Waals surface area contributed by atoms with Crippen LogP contribution in [0, 0.1) is 0 Å². The first-order valence-electron chi connectivity index (χ1n) is 5.35. The molecule has 86 valence electrons. The van der Waals surface area contributed by atoms with Crippen molar-refractivity contribution in [2.45, 2.75) is 13.8 Å². The Morgan fingerprint density at radius 1 is 1.06 bits per heavy atom. The van der Waals surface area contributed by atoms with E-state index in [1.807, 2.05) is 63.4 Å². The van der Waals surface area contributed by atoms with E-state index < -0.39 is 0 Å². The number of allylic oxidation sites excluding steroid dienone is 8. The van der Waals surface area contributed by atoms with Crippen LogP contribution in [0.3, 0.4) is 0 Å². The van der Waals surface area contributed by atoms with Crippen LogP contribution < -0.4 is 0 Å². The summed E-state index contributed by atoms with van der Waals surface area (Å²) in [7, 11) is 2.01. The summed E-state index contributed by atoms with van der Waals surface area (Å²) in [4.78, 5) is 2.08. The van der Waals surface area contributed by atoms with Gasteiger partial charge in [0.25, 0.3) is 0 Å². The van der Waals surface area contributed by atoms with Crippen LogP contribution in [-0.2, 0) is 0 Å². The molecule has 0 aromatic rings. The Morgan fingerprint density at radius 2 is 1.75 bits per heavy atom. The van der Waals surface area contributed by atoms with Gasteiger partial charge in [-0.15, -0.1) is 0 Å². The summed E-state index contributed by atoms with van der Waals surface area (Å²) < 4.78 is 0. The Hall–Kier alpha value is -1.76. The van der Waals surface area contributed by atoms with Crippen LogP contribution in [0.5, 0.6) is 0 Å². The zero-order valence-electron chi connectivity index (χ0n) is 10.5. The van der Waals surface area contributed by atoms with Crippen molar-refractivity contribution in [3.63, 3.8) is 0 Å². The molecule has 0 N–H and O–H groups in total. The summed E-state index contributed by atoms with van der Waals surface area (Å²) in [6.45, 7) is 11.5. The molecule has 1 nitrogen and oxygen atoms in total. The fourth-order valence-electron chi connectivity index (χ4n) is 1.23. The van der Waals surface area contributed by atoms with Crippen LogP contribution in [0.15, 0.2) is 73.2 Å². The summed E-state index contributed by atoms with van der Waals surface area (Å²) in [6, 6.07) is 0. The second-order valence-corrected chi connectivity index (χ2v) is 3.19. The molecule has 0 bridgehead atoms. The number of nitrogens with zero attached hydrogens (tertiary/aromatic N) is 1. The van der Waals surface area contributed by atoms with Crippen LogP contribution in [0.4, 0.5) is 0 Å². The van der Waals surface area contributed by atoms with Gasteiger partial charge < -0.3 is 4.90 Å². The zero-order chi connectivity index (χ0) is 12.4. The Balaban J connectivity index is 4.98. The van der Waals surface area contributed by atoms with Crippen molar-refractivity contribution in [2.24, 2.45) is 0 Å². The van der Waals surface area contributed by atoms with Gasteiger partial charge in [0.05, 0.1) is 0 Å². The summed E-state index contributed by atoms with van der Waals surface area (Å²) in [5.41, 5.74) is 2.16. The molecular weight excluding hydrogens is 194 g/mol. The lowest BCUT2D eigenvalue weighted by atomic mass is 10.2. The second-order valence-electron chi connectivity index (χ2n) is 3.19. The van der Waals surface area contributed by atoms with E-state index in [0.29, 0.717) is 0 Å². The highest BCUT2D eigenvalue weighted by molar-refractivity contribution is 5.30. The molecule has 0 fully saturated rings. The predicted molar refractivity (Wildman–Crippen MR) is 74.0 cm³/mol. The van der Waals surface area contributed by atoms with Crippen molar-refractivity contribution in [3.8, 4) is 0 Å². The highest BCUT2D eigenvalue weighted by Gasteiger charge is 2.02. The Kier molecular flexibility index (Phi) is 7.60. The van der Waals surface area contributed by atoms with E-state index in [1.54, 1.807) is 6.08 Å². The number of rotatable bonds is 6. The minimum atomic E-state index is 1.06. The summed E-state index contributed by atoms with van der Waals surface area (Å²) in [6.07, 6.45) is 15.6. The highest BCUT2D eigenvalue weighted by atomic mass is 15.1. The number of hydrogen-bond donors (Lipinski definition) is 0. The lowest BCUT2D eigenvalue weighted by molar-refractivity contribution is 0.553. The van der Waals surface area contributed by atoms with E-state index in [2.05, 4.69) is 18.1 Å². The fraction of sp³-hybridized carbons (Fsp3) is 0.200. The molecule has 0 heterocycles. The van der Waals surface area contributed by atoms with Crippen molar-refractivity contribution < 1.29 is 0 Å². The molecule has 0 aliphatic heterocycles. The third-order valence-electron chi connectivity index (χ3n) is 2.14. The second kappa shape index (κ2) is 8.54. The van der Waals surface area contributed by atoms with Crippen LogP contribution in [-0.4, -0.2) is 11.9 Å². The molecule has 0 aromatic heterocycles. The van der Waals surface area contributed by atoms with Crippen LogP contribution in [0.25, 0.3) is 0 Å². The van der Waals surface area contributed by atoms with E-state index in [0.717, 1.165) is 11.4 Å². The quantitative estimate of drug-likeness (QED) is 0.600. The monoisotopic (exact) mass is 215 g/mol. The van der Waals surface area contributed by atoms with Crippen molar-refractivity contribution in [2.75, 3.05) is 7.05 Å². The first-order chi connectivity index (χ1) is 7.71. The molecule has 0 rings (SSSR count). The third-order valence-corrected chi connectivity index (χ3v) is 2.14. The van der Waals surface area contributed by atoms with Crippen molar-refractivity contribution in [1.29, 1.82) is 0 Å². The van der Waals surface area contributed by atoms with E-state index in [1.165, 1.54) is 0 Å². The number of hydrogen-bond acceptors (Lipinski definition) is 1. The largest absolute Gasteiger partial charge is 0.345 e. The Morgan fingerprint density at radius 3 is 2.19 bits per heavy atom. The average Bonchev–Trinajstić information content (AvgIpc) is 2.31. The van der Waals surface area contributed by atoms with E-state index in [9.17, 15) is 0 Å². The molecule has 1 heteroatoms. The van der Waals surface area contributed by atoms with Gasteiger partial charge >= 0.3 is 0 Å². The van der Waals surface area contributed by atoms with Crippen LogP contribution in [0.1, 0.15) is 13.8 Å². The first kappa shape index (κ1) is 14.2. The molecule has 0 aliphatic rings. The van der Waals surface area contributed by atoms with Crippen molar-refractivity contribution in [1.82, 2.24) is 4.90 Å². The minimum Gasteiger partial charge on any atom is -0.345 e. The first-order valence-corrected chi connectivity index (χ1v) is 5.35. The van der Waals surface area contributed by atoms with Crippen LogP contribution in [0.2, 0.25) is 0 Å². The number of likely N-dealkylation sites (N-methyl/N-ethyl adjacent to an activating group) is 1. The normalized spacial score (nSPS) is 13.4. The van der Waals surface area contributed by atoms with Crippen molar-refractivity contribution >= 4 is 0 Å². The van der Waals surface area contributed by atoms with Gasteiger partial charge in [0.15, 0.2) is 0 Å². The van der Waals surface area contributed by atoms with E-state index >= 15 is 0 Å². The molecule has 0 spiro atoms. The SMILES string of the molecule is C=C/C=C\C(=C/C)N(C)/C(C=C)=C/C=C\C. The molecular formula is C15H21N. The smallest absolute Gasteiger partial charge is 0.0401 e. The Bertz CT molecular complexity index is 340. The molecule has 0 aromatic carbocycles. The molecule has 0 atom stereocenters. The fourth-order valence-corrected chi connectivity index (χ4v) is 1.23. The van der Waals surface area contributed by atoms with Gasteiger partial charge in [-0.05, 0) is 32.1 Å². The summed E-state index contributed by atoms with van der Waals surface area (Å²) >= 11 is 0. The molecule has 0 unspecified atom stereocenters. The molecule has 0 saturated carbocycles. The highest BCUT2D eigenvalue weighted by Crippen LogP contribution is 2.12. The maximum atomic E-state index is 3.82. The average molecular weight is 215 g/mol. The predicted octanol–water partition coefficient (Wildman–Crippen LogP) is 4.21. The maximum Gasteiger partial charge on any atom is 0.0401 e. The van der Waals surface area contributed by atoms with Gasteiger partial charge in [-0.25, -0.2) is 0 Å². The van der Waals surface area contributed by atoms with Crippen molar-refractivity contribution in [3.05, 3.63) is 73.2 Å². The lowest BCUT2D eigenvalue weighted by Crippen LogP contribution is -2.14. The molecule has 0 radical (unpaired) electrons. The third kappa shape index (κ3) is 4.65. The lowest BCUT2D eigenvalue weighted by Gasteiger charge is -2.21. The van der Waals surface area contributed by atoms with E-state index in [-0.39, 0.29) is 0 Å². The summed E-state index contributed by atoms with van der Waals surface area (Å²) in [5.74, 6) is 0. The van der Waals surface area contributed by atoms with Gasteiger partial charge in [0.2, 0.25) is 0 Å². The van der Waals surface area contributed by atoms with Gasteiger partial charge in [-0.2, -0.15) is 0 Å². The van der Waals surface area contributed by atoms with Gasteiger partial charge in [-0.1, -0.05) is 43.5 Å². The van der Waals surface area contributed by atoms with Crippen LogP contribution >= 0.6 is 0 Å².